The van der Waals surface area contributed by atoms with Gasteiger partial charge in [-0.05, 0) is 36.4 Å². The first kappa shape index (κ1) is 20.2. The van der Waals surface area contributed by atoms with Crippen LogP contribution in [0.4, 0.5) is 0 Å². The van der Waals surface area contributed by atoms with E-state index in [-0.39, 0.29) is 35.8 Å². The van der Waals surface area contributed by atoms with E-state index in [1.807, 2.05) is 0 Å². The predicted molar refractivity (Wildman–Crippen MR) is 91.7 cm³/mol. The molecule has 0 saturated heterocycles. The monoisotopic (exact) mass is 390 g/mol. The van der Waals surface area contributed by atoms with E-state index in [0.717, 1.165) is 24.3 Å². The average Bonchev–Trinajstić information content (AvgIpc) is 2.64. The summed E-state index contributed by atoms with van der Waals surface area (Å²) in [6, 6.07) is 6.92. The lowest BCUT2D eigenvalue weighted by atomic mass is 10.1. The van der Waals surface area contributed by atoms with Crippen molar-refractivity contribution in [3.8, 4) is 11.5 Å². The number of carboxylic acid groups (broad SMARTS) is 4. The summed E-state index contributed by atoms with van der Waals surface area (Å²) < 4.78 is 10.6. The van der Waals surface area contributed by atoms with Gasteiger partial charge < -0.3 is 29.9 Å². The van der Waals surface area contributed by atoms with Gasteiger partial charge in [0.05, 0.1) is 22.3 Å². The molecule has 0 amide bonds. The van der Waals surface area contributed by atoms with Crippen LogP contribution in [0.15, 0.2) is 36.4 Å². The van der Waals surface area contributed by atoms with Crippen LogP contribution in [-0.2, 0) is 0 Å². The standard InChI is InChI=1S/C18H14O10/c19-15(20)11-3-1-9(7-13(11)17(23)24)27-5-6-28-10-2-4-12(16(21)22)14(8-10)18(25)26/h1-4,7-8H,5-6H2,(H,19,20)(H,21,22)(H,23,24)(H,25,26). The van der Waals surface area contributed by atoms with Crippen molar-refractivity contribution in [2.45, 2.75) is 0 Å². The molecule has 0 aromatic heterocycles. The number of aromatic carboxylic acids is 4. The highest BCUT2D eigenvalue weighted by molar-refractivity contribution is 6.02. The molecule has 28 heavy (non-hydrogen) atoms. The van der Waals surface area contributed by atoms with Gasteiger partial charge in [-0.2, -0.15) is 0 Å². The first-order valence-electron chi connectivity index (χ1n) is 7.67. The Balaban J connectivity index is 2.01. The van der Waals surface area contributed by atoms with Crippen molar-refractivity contribution < 1.29 is 49.1 Å². The molecular weight excluding hydrogens is 376 g/mol. The maximum atomic E-state index is 11.1. The van der Waals surface area contributed by atoms with Crippen LogP contribution in [0.3, 0.4) is 0 Å². The summed E-state index contributed by atoms with van der Waals surface area (Å²) in [7, 11) is 0. The summed E-state index contributed by atoms with van der Waals surface area (Å²) in [4.78, 5) is 44.2. The molecular formula is C18H14O10. The molecule has 2 aromatic rings. The van der Waals surface area contributed by atoms with E-state index in [0.29, 0.717) is 0 Å². The maximum Gasteiger partial charge on any atom is 0.336 e. The molecule has 0 saturated carbocycles. The second-order valence-corrected chi connectivity index (χ2v) is 5.33. The smallest absolute Gasteiger partial charge is 0.336 e. The number of hydrogen-bond acceptors (Lipinski definition) is 6. The molecule has 0 bridgehead atoms. The minimum atomic E-state index is -1.42. The van der Waals surface area contributed by atoms with E-state index < -0.39 is 35.0 Å². The number of benzene rings is 2. The van der Waals surface area contributed by atoms with Crippen molar-refractivity contribution in [1.82, 2.24) is 0 Å². The third-order valence-corrected chi connectivity index (χ3v) is 3.52. The van der Waals surface area contributed by atoms with Crippen LogP contribution in [-0.4, -0.2) is 57.5 Å². The largest absolute Gasteiger partial charge is 0.490 e. The Morgan fingerprint density at radius 2 is 0.893 bits per heavy atom. The summed E-state index contributed by atoms with van der Waals surface area (Å²) in [5.41, 5.74) is -1.62. The van der Waals surface area contributed by atoms with E-state index in [1.165, 1.54) is 12.1 Å². The zero-order chi connectivity index (χ0) is 20.8. The van der Waals surface area contributed by atoms with E-state index >= 15 is 0 Å². The average molecular weight is 390 g/mol. The highest BCUT2D eigenvalue weighted by Crippen LogP contribution is 2.20. The molecule has 0 aliphatic heterocycles. The van der Waals surface area contributed by atoms with Crippen molar-refractivity contribution in [2.24, 2.45) is 0 Å². The summed E-state index contributed by atoms with van der Waals surface area (Å²) in [5.74, 6) is -5.38. The van der Waals surface area contributed by atoms with E-state index in [9.17, 15) is 19.2 Å². The first-order chi connectivity index (χ1) is 13.2. The molecule has 0 radical (unpaired) electrons. The quantitative estimate of drug-likeness (QED) is 0.464. The van der Waals surface area contributed by atoms with Crippen molar-refractivity contribution in [1.29, 1.82) is 0 Å². The Morgan fingerprint density at radius 3 is 1.18 bits per heavy atom. The van der Waals surface area contributed by atoms with Crippen LogP contribution in [0.25, 0.3) is 0 Å². The molecule has 4 N–H and O–H groups in total. The maximum absolute atomic E-state index is 11.1. The minimum absolute atomic E-state index is 0.0609. The Kier molecular flexibility index (Phi) is 6.17. The Morgan fingerprint density at radius 1 is 0.571 bits per heavy atom. The Bertz CT molecular complexity index is 870. The van der Waals surface area contributed by atoms with Crippen LogP contribution in [0.2, 0.25) is 0 Å². The van der Waals surface area contributed by atoms with Crippen molar-refractivity contribution >= 4 is 23.9 Å². The lowest BCUT2D eigenvalue weighted by Gasteiger charge is -2.11. The molecule has 0 fully saturated rings. The highest BCUT2D eigenvalue weighted by Gasteiger charge is 2.18. The fourth-order valence-corrected chi connectivity index (χ4v) is 2.27. The van der Waals surface area contributed by atoms with Crippen LogP contribution in [0.1, 0.15) is 41.4 Å². The fraction of sp³-hybridized carbons (Fsp3) is 0.111. The molecule has 10 heteroatoms. The Hall–Kier alpha value is -4.08. The van der Waals surface area contributed by atoms with E-state index in [1.54, 1.807) is 0 Å². The van der Waals surface area contributed by atoms with Crippen LogP contribution in [0.5, 0.6) is 11.5 Å². The van der Waals surface area contributed by atoms with Crippen LogP contribution in [0, 0.1) is 0 Å². The summed E-state index contributed by atoms with van der Waals surface area (Å²) in [5, 5.41) is 36.0. The molecule has 2 aromatic carbocycles. The van der Waals surface area contributed by atoms with Gasteiger partial charge in [0.2, 0.25) is 0 Å². The number of carboxylic acids is 4. The van der Waals surface area contributed by atoms with Gasteiger partial charge in [0.15, 0.2) is 0 Å². The fourth-order valence-electron chi connectivity index (χ4n) is 2.27. The van der Waals surface area contributed by atoms with Gasteiger partial charge >= 0.3 is 23.9 Å². The number of carbonyl (C=O) groups is 4. The molecule has 0 spiro atoms. The summed E-state index contributed by atoms with van der Waals surface area (Å²) in [6.45, 7) is -0.122. The van der Waals surface area contributed by atoms with Crippen LogP contribution >= 0.6 is 0 Å². The van der Waals surface area contributed by atoms with Gasteiger partial charge in [0.25, 0.3) is 0 Å². The third-order valence-electron chi connectivity index (χ3n) is 3.52. The second kappa shape index (κ2) is 8.54. The summed E-state index contributed by atoms with van der Waals surface area (Å²) >= 11 is 0. The Labute approximate surface area is 157 Å². The van der Waals surface area contributed by atoms with Gasteiger partial charge in [-0.25, -0.2) is 19.2 Å². The van der Waals surface area contributed by atoms with Crippen molar-refractivity contribution in [2.75, 3.05) is 13.2 Å². The van der Waals surface area contributed by atoms with Gasteiger partial charge in [0, 0.05) is 0 Å². The minimum Gasteiger partial charge on any atom is -0.490 e. The van der Waals surface area contributed by atoms with E-state index in [2.05, 4.69) is 0 Å². The normalized spacial score (nSPS) is 10.1. The predicted octanol–water partition coefficient (Wildman–Crippen LogP) is 1.94. The molecule has 10 nitrogen and oxygen atoms in total. The topological polar surface area (TPSA) is 168 Å². The molecule has 0 atom stereocenters. The van der Waals surface area contributed by atoms with Gasteiger partial charge in [-0.15, -0.1) is 0 Å². The molecule has 0 unspecified atom stereocenters. The lowest BCUT2D eigenvalue weighted by molar-refractivity contribution is 0.0650. The summed E-state index contributed by atoms with van der Waals surface area (Å²) in [6.07, 6.45) is 0. The molecule has 2 rings (SSSR count). The van der Waals surface area contributed by atoms with Gasteiger partial charge in [-0.1, -0.05) is 0 Å². The van der Waals surface area contributed by atoms with Crippen molar-refractivity contribution in [3.05, 3.63) is 58.7 Å². The molecule has 0 aliphatic carbocycles. The molecule has 0 aliphatic rings. The van der Waals surface area contributed by atoms with Gasteiger partial charge in [-0.3, -0.25) is 0 Å². The van der Waals surface area contributed by atoms with Crippen molar-refractivity contribution in [3.63, 3.8) is 0 Å². The molecule has 146 valence electrons. The number of hydrogen-bond donors (Lipinski definition) is 4. The second-order valence-electron chi connectivity index (χ2n) is 5.33. The molecule has 0 heterocycles. The number of ether oxygens (including phenoxy) is 2. The van der Waals surface area contributed by atoms with E-state index in [4.69, 9.17) is 29.9 Å². The lowest BCUT2D eigenvalue weighted by Crippen LogP contribution is -2.12. The van der Waals surface area contributed by atoms with Crippen LogP contribution < -0.4 is 9.47 Å². The third kappa shape index (κ3) is 4.75. The number of rotatable bonds is 9. The zero-order valence-corrected chi connectivity index (χ0v) is 14.1. The SMILES string of the molecule is O=C(O)c1ccc(OCCOc2ccc(C(=O)O)c(C(=O)O)c2)cc1C(=O)O. The van der Waals surface area contributed by atoms with Gasteiger partial charge in [0.1, 0.15) is 24.7 Å². The first-order valence-corrected chi connectivity index (χ1v) is 7.67. The highest BCUT2D eigenvalue weighted by atomic mass is 16.5. The zero-order valence-electron chi connectivity index (χ0n) is 14.1.